The molecule has 2 heterocycles. The summed E-state index contributed by atoms with van der Waals surface area (Å²) in [6, 6.07) is 12.9. The second-order valence-corrected chi connectivity index (χ2v) is 10.4. The zero-order valence-electron chi connectivity index (χ0n) is 25.0. The molecular weight excluding hydrogens is 586 g/mol. The van der Waals surface area contributed by atoms with Gasteiger partial charge in [0.05, 0.1) is 25.4 Å². The van der Waals surface area contributed by atoms with Crippen LogP contribution < -0.4 is 24.4 Å². The zero-order chi connectivity index (χ0) is 32.2. The van der Waals surface area contributed by atoms with Crippen molar-refractivity contribution >= 4 is 40.1 Å². The van der Waals surface area contributed by atoms with Crippen LogP contribution in [-0.2, 0) is 9.59 Å². The largest absolute Gasteiger partial charge is 0.493 e. The molecule has 1 aliphatic rings. The molecule has 1 fully saturated rings. The Hall–Kier alpha value is -5.52. The summed E-state index contributed by atoms with van der Waals surface area (Å²) in [5, 5.41) is 3.13. The lowest BCUT2D eigenvalue weighted by atomic mass is 10.0. The van der Waals surface area contributed by atoms with Gasteiger partial charge in [0.2, 0.25) is 11.8 Å². The summed E-state index contributed by atoms with van der Waals surface area (Å²) in [5.41, 5.74) is 1.67. The highest BCUT2D eigenvalue weighted by molar-refractivity contribution is 6.23. The van der Waals surface area contributed by atoms with Crippen molar-refractivity contribution in [3.8, 4) is 23.0 Å². The Morgan fingerprint density at radius 2 is 1.67 bits per heavy atom. The molecule has 0 bridgehead atoms. The van der Waals surface area contributed by atoms with Crippen LogP contribution in [0, 0.1) is 17.6 Å². The maximum Gasteiger partial charge on any atom is 0.331 e. The van der Waals surface area contributed by atoms with E-state index in [1.54, 1.807) is 24.3 Å². The number of rotatable bonds is 9. The molecule has 0 spiro atoms. The summed E-state index contributed by atoms with van der Waals surface area (Å²) in [5.74, 6) is -3.05. The molecule has 232 valence electrons. The van der Waals surface area contributed by atoms with Crippen LogP contribution >= 0.6 is 0 Å². The predicted octanol–water partition coefficient (Wildman–Crippen LogP) is 6.31. The number of benzene rings is 3. The van der Waals surface area contributed by atoms with Gasteiger partial charge in [-0.25, -0.2) is 18.5 Å². The van der Waals surface area contributed by atoms with Crippen molar-refractivity contribution in [1.29, 1.82) is 0 Å². The van der Waals surface area contributed by atoms with E-state index in [9.17, 15) is 18.8 Å². The van der Waals surface area contributed by atoms with Gasteiger partial charge in [-0.2, -0.15) is 0 Å². The van der Waals surface area contributed by atoms with Crippen LogP contribution in [-0.4, -0.2) is 55.0 Å². The van der Waals surface area contributed by atoms with Gasteiger partial charge in [0.25, 0.3) is 0 Å². The summed E-state index contributed by atoms with van der Waals surface area (Å²) in [6.07, 6.45) is 3.30. The minimum Gasteiger partial charge on any atom is -0.493 e. The van der Waals surface area contributed by atoms with E-state index < -0.39 is 35.4 Å². The van der Waals surface area contributed by atoms with Crippen molar-refractivity contribution in [2.45, 2.75) is 13.8 Å². The number of fused-ring (bicyclic) bond motifs is 1. The predicted molar refractivity (Wildman–Crippen MR) is 164 cm³/mol. The van der Waals surface area contributed by atoms with E-state index in [0.29, 0.717) is 28.2 Å². The van der Waals surface area contributed by atoms with Crippen LogP contribution in [0.4, 0.5) is 25.0 Å². The number of hydrogen-bond acceptors (Lipinski definition) is 7. The van der Waals surface area contributed by atoms with E-state index in [-0.39, 0.29) is 30.2 Å². The molecule has 45 heavy (non-hydrogen) atoms. The molecule has 3 aromatic carbocycles. The first-order chi connectivity index (χ1) is 21.6. The third-order valence-corrected chi connectivity index (χ3v) is 7.13. The second kappa shape index (κ2) is 13.0. The van der Waals surface area contributed by atoms with Gasteiger partial charge in [-0.15, -0.1) is 0 Å². The number of carbonyl (C=O) groups excluding carboxylic acids is 3. The number of nitrogens with one attached hydrogen (secondary N) is 1. The number of halogens is 2. The van der Waals surface area contributed by atoms with Crippen LogP contribution in [0.2, 0.25) is 0 Å². The quantitative estimate of drug-likeness (QED) is 0.173. The average Bonchev–Trinajstić information content (AvgIpc) is 3.02. The monoisotopic (exact) mass is 616 g/mol. The number of methoxy groups -OCH3 is 2. The number of aromatic nitrogens is 1. The summed E-state index contributed by atoms with van der Waals surface area (Å²) in [7, 11) is 3.00. The van der Waals surface area contributed by atoms with Crippen molar-refractivity contribution in [2.75, 3.05) is 37.5 Å². The van der Waals surface area contributed by atoms with Crippen molar-refractivity contribution in [3.63, 3.8) is 0 Å². The van der Waals surface area contributed by atoms with Crippen molar-refractivity contribution in [1.82, 2.24) is 9.88 Å². The highest BCUT2D eigenvalue weighted by Gasteiger charge is 2.43. The number of nitrogens with zero attached hydrogens (tertiary/aromatic N) is 3. The SMILES string of the molecule is COc1cc2nccc(Oc3ccc(NC(=O)C4CN(CC=C(C)C)C(=O)N(c5ccc(F)cc5)C4=O)cc3F)c2cc1OC. The maximum atomic E-state index is 15.3. The lowest BCUT2D eigenvalue weighted by molar-refractivity contribution is -0.132. The summed E-state index contributed by atoms with van der Waals surface area (Å²) in [6.45, 7) is 3.67. The number of pyridine rings is 1. The van der Waals surface area contributed by atoms with Crippen molar-refractivity contribution < 1.29 is 37.4 Å². The minimum atomic E-state index is -1.31. The molecule has 5 rings (SSSR count). The number of anilines is 2. The van der Waals surface area contributed by atoms with Crippen molar-refractivity contribution in [3.05, 3.63) is 90.1 Å². The second-order valence-electron chi connectivity index (χ2n) is 10.4. The average molecular weight is 617 g/mol. The number of amides is 4. The Labute approximate surface area is 257 Å². The van der Waals surface area contributed by atoms with Gasteiger partial charge in [-0.1, -0.05) is 11.6 Å². The van der Waals surface area contributed by atoms with E-state index in [4.69, 9.17) is 14.2 Å². The highest BCUT2D eigenvalue weighted by atomic mass is 19.1. The Morgan fingerprint density at radius 1 is 0.956 bits per heavy atom. The first kappa shape index (κ1) is 30.9. The molecule has 1 aliphatic heterocycles. The molecule has 0 saturated carbocycles. The van der Waals surface area contributed by atoms with E-state index in [1.165, 1.54) is 49.6 Å². The Morgan fingerprint density at radius 3 is 2.33 bits per heavy atom. The zero-order valence-corrected chi connectivity index (χ0v) is 25.0. The van der Waals surface area contributed by atoms with Gasteiger partial charge in [-0.3, -0.25) is 14.6 Å². The summed E-state index contributed by atoms with van der Waals surface area (Å²) < 4.78 is 45.4. The molecule has 10 nitrogen and oxygen atoms in total. The first-order valence-electron chi connectivity index (χ1n) is 13.9. The number of urea groups is 1. The van der Waals surface area contributed by atoms with Crippen LogP contribution in [0.1, 0.15) is 13.8 Å². The molecule has 1 N–H and O–H groups in total. The van der Waals surface area contributed by atoms with Crippen LogP contribution in [0.15, 0.2) is 78.5 Å². The van der Waals surface area contributed by atoms with Crippen LogP contribution in [0.5, 0.6) is 23.0 Å². The maximum absolute atomic E-state index is 15.3. The van der Waals surface area contributed by atoms with Gasteiger partial charge in [0, 0.05) is 42.5 Å². The number of ether oxygens (including phenoxy) is 3. The third kappa shape index (κ3) is 6.54. The Kier molecular flexibility index (Phi) is 8.93. The van der Waals surface area contributed by atoms with E-state index in [2.05, 4.69) is 10.3 Å². The lowest BCUT2D eigenvalue weighted by Crippen LogP contribution is -2.59. The smallest absolute Gasteiger partial charge is 0.331 e. The van der Waals surface area contributed by atoms with Crippen molar-refractivity contribution in [2.24, 2.45) is 5.92 Å². The molecule has 1 saturated heterocycles. The number of hydrogen-bond donors (Lipinski definition) is 1. The lowest BCUT2D eigenvalue weighted by Gasteiger charge is -2.37. The molecule has 1 aromatic heterocycles. The minimum absolute atomic E-state index is 0.0738. The third-order valence-electron chi connectivity index (χ3n) is 7.13. The fourth-order valence-corrected chi connectivity index (χ4v) is 4.78. The summed E-state index contributed by atoms with van der Waals surface area (Å²) in [4.78, 5) is 46.6. The molecule has 1 unspecified atom stereocenters. The molecule has 1 atom stereocenters. The number of allylic oxidation sites excluding steroid dienone is 1. The Balaban J connectivity index is 1.37. The normalized spacial score (nSPS) is 14.8. The topological polar surface area (TPSA) is 110 Å². The number of imide groups is 1. The molecule has 4 aromatic rings. The molecular formula is C33H30F2N4O6. The van der Waals surface area contributed by atoms with Crippen LogP contribution in [0.25, 0.3) is 10.9 Å². The van der Waals surface area contributed by atoms with E-state index in [0.717, 1.165) is 28.7 Å². The van der Waals surface area contributed by atoms with Gasteiger partial charge in [-0.05, 0) is 62.4 Å². The Bertz CT molecular complexity index is 1810. The number of carbonyl (C=O) groups is 3. The molecule has 0 aliphatic carbocycles. The van der Waals surface area contributed by atoms with E-state index in [1.807, 2.05) is 13.8 Å². The van der Waals surface area contributed by atoms with Gasteiger partial charge in [0.15, 0.2) is 23.1 Å². The van der Waals surface area contributed by atoms with Gasteiger partial charge >= 0.3 is 6.03 Å². The van der Waals surface area contributed by atoms with Gasteiger partial charge in [0.1, 0.15) is 17.5 Å². The summed E-state index contributed by atoms with van der Waals surface area (Å²) >= 11 is 0. The highest BCUT2D eigenvalue weighted by Crippen LogP contribution is 2.37. The van der Waals surface area contributed by atoms with Crippen LogP contribution in [0.3, 0.4) is 0 Å². The molecule has 4 amide bonds. The molecule has 0 radical (unpaired) electrons. The van der Waals surface area contributed by atoms with E-state index >= 15 is 4.39 Å². The standard InChI is InChI=1S/C33H30F2N4O6/c1-19(2)12-14-38-18-24(32(41)39(33(38)42)22-8-5-20(34)6-9-22)31(40)37-21-7-10-28(25(35)15-21)45-27-11-13-36-26-17-30(44-4)29(43-3)16-23(26)27/h5-13,15-17,24H,14,18H2,1-4H3,(H,37,40). The fraction of sp³-hybridized carbons (Fsp3) is 0.212. The van der Waals surface area contributed by atoms with Gasteiger partial charge < -0.3 is 24.4 Å². The first-order valence-corrected chi connectivity index (χ1v) is 13.9. The fourth-order valence-electron chi connectivity index (χ4n) is 4.78. The molecule has 12 heteroatoms.